The summed E-state index contributed by atoms with van der Waals surface area (Å²) in [6.07, 6.45) is 7.11. The number of fused-ring (bicyclic) bond motifs is 10. The number of rotatable bonds is 3. The van der Waals surface area contributed by atoms with E-state index in [2.05, 4.69) is 247 Å². The molecule has 7 aromatic carbocycles. The molecular formula is C71H79BN2S. The molecule has 0 bridgehead atoms. The maximum absolute atomic E-state index is 2.78. The lowest BCUT2D eigenvalue weighted by molar-refractivity contribution is 0.332. The van der Waals surface area contributed by atoms with Crippen LogP contribution in [0, 0.1) is 6.92 Å². The fourth-order valence-corrected chi connectivity index (χ4v) is 16.2. The normalized spacial score (nSPS) is 20.0. The highest BCUT2D eigenvalue weighted by Crippen LogP contribution is 2.57. The van der Waals surface area contributed by atoms with Gasteiger partial charge in [-0.05, 0) is 210 Å². The molecule has 0 N–H and O–H groups in total. The van der Waals surface area contributed by atoms with Gasteiger partial charge in [-0.1, -0.05) is 165 Å². The number of thiophene rings is 1. The predicted octanol–water partition coefficient (Wildman–Crippen LogP) is 18.5. The van der Waals surface area contributed by atoms with Gasteiger partial charge in [0.2, 0.25) is 0 Å². The smallest absolute Gasteiger partial charge is 0.264 e. The SMILES string of the molecule is Cc1cc2c3c(c1)N(c1ccc(C(C)(C)C)cc1-c1cccc4ccccc14)c1c(sc4cc5c(cc14)C(C)(C)CCC5(C)C)B3c1cc3c(cc1N2c1ccc2c(c1)C(C)(C)CCC2(C)C)C(C)(C)CCC3(C)C. The van der Waals surface area contributed by atoms with E-state index in [-0.39, 0.29) is 44.6 Å². The first-order valence-corrected chi connectivity index (χ1v) is 29.3. The van der Waals surface area contributed by atoms with E-state index in [1.807, 2.05) is 0 Å². The molecule has 5 aliphatic rings. The Hall–Kier alpha value is -5.58. The molecule has 2 nitrogen and oxygen atoms in total. The molecule has 2 aliphatic heterocycles. The lowest BCUT2D eigenvalue weighted by atomic mass is 9.35. The molecule has 0 spiro atoms. The van der Waals surface area contributed by atoms with Gasteiger partial charge in [0.05, 0.1) is 11.4 Å². The summed E-state index contributed by atoms with van der Waals surface area (Å²) in [4.78, 5) is 5.52. The van der Waals surface area contributed by atoms with Crippen molar-refractivity contribution in [1.29, 1.82) is 0 Å². The van der Waals surface area contributed by atoms with Crippen LogP contribution in [-0.2, 0) is 37.9 Å². The van der Waals surface area contributed by atoms with Gasteiger partial charge < -0.3 is 9.80 Å². The second kappa shape index (κ2) is 15.8. The average Bonchev–Trinajstić information content (AvgIpc) is 3.79. The fourth-order valence-electron chi connectivity index (χ4n) is 14.9. The van der Waals surface area contributed by atoms with Crippen LogP contribution in [0.25, 0.3) is 32.0 Å². The molecule has 0 radical (unpaired) electrons. The van der Waals surface area contributed by atoms with Crippen LogP contribution in [0.5, 0.6) is 0 Å². The van der Waals surface area contributed by atoms with Crippen LogP contribution in [0.2, 0.25) is 0 Å². The van der Waals surface area contributed by atoms with E-state index in [1.165, 1.54) is 165 Å². The van der Waals surface area contributed by atoms with Crippen molar-refractivity contribution in [2.45, 2.75) is 187 Å². The van der Waals surface area contributed by atoms with Crippen LogP contribution in [-0.4, -0.2) is 6.71 Å². The third-order valence-electron chi connectivity index (χ3n) is 20.0. The zero-order valence-corrected chi connectivity index (χ0v) is 48.9. The van der Waals surface area contributed by atoms with Gasteiger partial charge >= 0.3 is 0 Å². The molecule has 0 amide bonds. The second-order valence-corrected chi connectivity index (χ2v) is 30.1. The first-order chi connectivity index (χ1) is 35.2. The van der Waals surface area contributed by atoms with Gasteiger partial charge in [-0.2, -0.15) is 0 Å². The Labute approximate surface area is 454 Å². The molecule has 4 heteroatoms. The van der Waals surface area contributed by atoms with Crippen molar-refractivity contribution in [2.75, 3.05) is 9.80 Å². The van der Waals surface area contributed by atoms with Crippen LogP contribution in [0.15, 0.2) is 115 Å². The minimum atomic E-state index is -0.0462. The van der Waals surface area contributed by atoms with Crippen LogP contribution in [0.1, 0.15) is 187 Å². The molecule has 0 unspecified atom stereocenters. The van der Waals surface area contributed by atoms with Crippen LogP contribution in [0.3, 0.4) is 0 Å². The van der Waals surface area contributed by atoms with E-state index in [9.17, 15) is 0 Å². The molecule has 3 aliphatic carbocycles. The van der Waals surface area contributed by atoms with E-state index in [0.29, 0.717) is 0 Å². The van der Waals surface area contributed by atoms with Crippen molar-refractivity contribution < 1.29 is 0 Å². The minimum absolute atomic E-state index is 0.0394. The van der Waals surface area contributed by atoms with Gasteiger partial charge in [0, 0.05) is 43.2 Å². The molecule has 0 atom stereocenters. The van der Waals surface area contributed by atoms with Gasteiger partial charge in [0.25, 0.3) is 6.71 Å². The summed E-state index contributed by atoms with van der Waals surface area (Å²) < 4.78 is 2.87. The third kappa shape index (κ3) is 7.22. The Balaban J connectivity index is 1.19. The summed E-state index contributed by atoms with van der Waals surface area (Å²) in [5.41, 5.74) is 25.4. The number of nitrogens with zero attached hydrogens (tertiary/aromatic N) is 2. The standard InChI is InChI=1S/C71H79BN2S/c1-42-34-59-62-60(35-42)74(57-27-24-44(65(2,3)4)36-48(57)47-23-19-21-43-20-17-18-22-46(43)47)63-49-38-52-55(71(15,16)33-30-68(52,9)10)41-61(49)75-64(63)72(62)56-39-53-54(70(13,14)32-31-69(53,11)12)40-58(56)73(59)45-25-26-50-51(37-45)67(7,8)29-28-66(50,5)6/h17-27,34-41H,28-33H2,1-16H3. The Morgan fingerprint density at radius 2 is 1.00 bits per heavy atom. The first kappa shape index (κ1) is 49.0. The largest absolute Gasteiger partial charge is 0.311 e. The number of aryl methyl sites for hydroxylation is 1. The summed E-state index contributed by atoms with van der Waals surface area (Å²) in [5, 5.41) is 3.95. The van der Waals surface area contributed by atoms with E-state index < -0.39 is 0 Å². The summed E-state index contributed by atoms with van der Waals surface area (Å²) in [6.45, 7) is 39.4. The van der Waals surface area contributed by atoms with Gasteiger partial charge in [-0.3, -0.25) is 0 Å². The first-order valence-electron chi connectivity index (χ1n) is 28.5. The van der Waals surface area contributed by atoms with Crippen molar-refractivity contribution in [3.63, 3.8) is 0 Å². The maximum atomic E-state index is 2.78. The molecule has 8 aromatic rings. The number of anilines is 6. The zero-order valence-electron chi connectivity index (χ0n) is 48.1. The molecule has 0 saturated heterocycles. The third-order valence-corrected chi connectivity index (χ3v) is 21.2. The molecule has 3 heterocycles. The molecule has 0 saturated carbocycles. The van der Waals surface area contributed by atoms with Crippen molar-refractivity contribution in [3.05, 3.63) is 160 Å². The van der Waals surface area contributed by atoms with E-state index >= 15 is 0 Å². The monoisotopic (exact) mass is 1000 g/mol. The number of hydrogen-bond donors (Lipinski definition) is 0. The molecule has 75 heavy (non-hydrogen) atoms. The average molecular weight is 1000 g/mol. The summed E-state index contributed by atoms with van der Waals surface area (Å²) >= 11 is 2.08. The van der Waals surface area contributed by atoms with Gasteiger partial charge in [-0.15, -0.1) is 11.3 Å². The number of hydrogen-bond acceptors (Lipinski definition) is 3. The topological polar surface area (TPSA) is 6.48 Å². The predicted molar refractivity (Wildman–Crippen MR) is 328 cm³/mol. The van der Waals surface area contributed by atoms with Gasteiger partial charge in [0.15, 0.2) is 0 Å². The van der Waals surface area contributed by atoms with Crippen molar-refractivity contribution >= 4 is 88.7 Å². The molecule has 1 aromatic heterocycles. The highest BCUT2D eigenvalue weighted by molar-refractivity contribution is 7.33. The quantitative estimate of drug-likeness (QED) is 0.163. The maximum Gasteiger partial charge on any atom is 0.264 e. The molecular weight excluding hydrogens is 924 g/mol. The number of benzene rings is 7. The van der Waals surface area contributed by atoms with Crippen molar-refractivity contribution in [1.82, 2.24) is 0 Å². The Morgan fingerprint density at radius 3 is 1.64 bits per heavy atom. The Kier molecular flexibility index (Phi) is 10.3. The molecule has 13 rings (SSSR count). The lowest BCUT2D eigenvalue weighted by Gasteiger charge is -2.47. The second-order valence-electron chi connectivity index (χ2n) is 29.0. The van der Waals surface area contributed by atoms with Crippen LogP contribution < -0.4 is 25.5 Å². The lowest BCUT2D eigenvalue weighted by Crippen LogP contribution is -2.61. The summed E-state index contributed by atoms with van der Waals surface area (Å²) in [7, 11) is 0. The van der Waals surface area contributed by atoms with E-state index in [4.69, 9.17) is 0 Å². The highest BCUT2D eigenvalue weighted by atomic mass is 32.1. The van der Waals surface area contributed by atoms with Crippen molar-refractivity contribution in [3.8, 4) is 11.1 Å². The highest BCUT2D eigenvalue weighted by Gasteiger charge is 2.49. The van der Waals surface area contributed by atoms with E-state index in [0.717, 1.165) is 0 Å². The van der Waals surface area contributed by atoms with Crippen LogP contribution in [0.4, 0.5) is 34.1 Å². The van der Waals surface area contributed by atoms with Crippen LogP contribution >= 0.6 is 11.3 Å². The van der Waals surface area contributed by atoms with Gasteiger partial charge in [0.1, 0.15) is 0 Å². The molecule has 0 fully saturated rings. The van der Waals surface area contributed by atoms with Crippen molar-refractivity contribution in [2.24, 2.45) is 0 Å². The summed E-state index contributed by atoms with van der Waals surface area (Å²) in [6, 6.07) is 46.9. The molecule has 382 valence electrons. The fraction of sp³-hybridized carbons (Fsp3) is 0.408. The Bertz CT molecular complexity index is 3750. The zero-order chi connectivity index (χ0) is 52.9. The Morgan fingerprint density at radius 1 is 0.453 bits per heavy atom. The van der Waals surface area contributed by atoms with E-state index in [1.54, 1.807) is 0 Å². The summed E-state index contributed by atoms with van der Waals surface area (Å²) in [5.74, 6) is 0. The minimum Gasteiger partial charge on any atom is -0.311 e. The van der Waals surface area contributed by atoms with Gasteiger partial charge in [-0.25, -0.2) is 0 Å².